The minimum absolute atomic E-state index is 0.115. The van der Waals surface area contributed by atoms with Crippen LogP contribution in [0.1, 0.15) is 58.1 Å². The Kier molecular flexibility index (Phi) is 8.24. The van der Waals surface area contributed by atoms with E-state index >= 15 is 0 Å². The van der Waals surface area contributed by atoms with Gasteiger partial charge in [-0.3, -0.25) is 9.36 Å². The van der Waals surface area contributed by atoms with Crippen LogP contribution in [-0.4, -0.2) is 39.2 Å². The zero-order chi connectivity index (χ0) is 28.3. The van der Waals surface area contributed by atoms with Crippen molar-refractivity contribution in [3.8, 4) is 17.6 Å². The van der Waals surface area contributed by atoms with Gasteiger partial charge in [-0.05, 0) is 88.6 Å². The number of likely N-dealkylation sites (tertiary alicyclic amines) is 1. The van der Waals surface area contributed by atoms with Crippen molar-refractivity contribution >= 4 is 17.0 Å². The summed E-state index contributed by atoms with van der Waals surface area (Å²) in [6.45, 7) is 11.3. The van der Waals surface area contributed by atoms with Crippen molar-refractivity contribution in [2.45, 2.75) is 66.0 Å². The molecule has 1 aromatic heterocycles. The molecule has 2 heterocycles. The number of ether oxygens (including phenoxy) is 2. The van der Waals surface area contributed by atoms with Gasteiger partial charge in [0.15, 0.2) is 11.6 Å². The Morgan fingerprint density at radius 3 is 2.62 bits per heavy atom. The van der Waals surface area contributed by atoms with E-state index in [1.807, 2.05) is 26.8 Å². The lowest BCUT2D eigenvalue weighted by atomic mass is 9.83. The maximum atomic E-state index is 14.4. The van der Waals surface area contributed by atoms with Gasteiger partial charge in [0.2, 0.25) is 0 Å². The van der Waals surface area contributed by atoms with E-state index in [0.717, 1.165) is 19.3 Å². The highest BCUT2D eigenvalue weighted by Gasteiger charge is 2.29. The van der Waals surface area contributed by atoms with Crippen LogP contribution in [-0.2, 0) is 11.3 Å². The Morgan fingerprint density at radius 1 is 1.23 bits per heavy atom. The predicted molar refractivity (Wildman–Crippen MR) is 146 cm³/mol. The summed E-state index contributed by atoms with van der Waals surface area (Å²) in [6, 6.07) is 9.56. The Balaban J connectivity index is 1.42. The highest BCUT2D eigenvalue weighted by Crippen LogP contribution is 2.31. The number of aromatic nitrogens is 2. The first-order valence-electron chi connectivity index (χ1n) is 13.3. The second-order valence-electron chi connectivity index (χ2n) is 11.3. The Labute approximate surface area is 228 Å². The summed E-state index contributed by atoms with van der Waals surface area (Å²) >= 11 is 0. The van der Waals surface area contributed by atoms with Gasteiger partial charge in [-0.15, -0.1) is 0 Å². The molecule has 1 aliphatic rings. The first-order valence-corrected chi connectivity index (χ1v) is 13.3. The fraction of sp³-hybridized carbons (Fsp3) is 0.467. The lowest BCUT2D eigenvalue weighted by Crippen LogP contribution is -2.42. The van der Waals surface area contributed by atoms with Crippen LogP contribution in [0.25, 0.3) is 10.9 Å². The Morgan fingerprint density at radius 2 is 1.95 bits per heavy atom. The van der Waals surface area contributed by atoms with Crippen LogP contribution in [0.15, 0.2) is 41.5 Å². The van der Waals surface area contributed by atoms with E-state index in [4.69, 9.17) is 9.47 Å². The number of carbonyl (C=O) groups excluding carboxylic acids is 1. The summed E-state index contributed by atoms with van der Waals surface area (Å²) in [7, 11) is 0. The molecule has 0 N–H and O–H groups in total. The number of fused-ring (bicyclic) bond motifs is 1. The van der Waals surface area contributed by atoms with E-state index in [0.29, 0.717) is 47.9 Å². The number of nitrogens with zero attached hydrogens (tertiary/aromatic N) is 4. The predicted octanol–water partition coefficient (Wildman–Crippen LogP) is 6.18. The molecule has 0 bridgehead atoms. The van der Waals surface area contributed by atoms with E-state index in [1.54, 1.807) is 40.9 Å². The first kappa shape index (κ1) is 28.1. The summed E-state index contributed by atoms with van der Waals surface area (Å²) < 4.78 is 27.3. The number of rotatable bonds is 6. The minimum atomic E-state index is -0.647. The second-order valence-corrected chi connectivity index (χ2v) is 11.3. The van der Waals surface area contributed by atoms with Crippen LogP contribution < -0.4 is 10.3 Å². The zero-order valence-corrected chi connectivity index (χ0v) is 23.2. The lowest BCUT2D eigenvalue weighted by Gasteiger charge is -2.35. The lowest BCUT2D eigenvalue weighted by molar-refractivity contribution is 0.0160. The number of carbonyl (C=O) groups is 1. The average molecular weight is 535 g/mol. The number of benzene rings is 2. The van der Waals surface area contributed by atoms with E-state index in [9.17, 15) is 19.2 Å². The summed E-state index contributed by atoms with van der Waals surface area (Å²) in [6.07, 6.45) is 3.87. The van der Waals surface area contributed by atoms with Crippen LogP contribution in [0.2, 0.25) is 0 Å². The number of hydrogen-bond donors (Lipinski definition) is 0. The summed E-state index contributed by atoms with van der Waals surface area (Å²) in [5.41, 5.74) is 0.512. The molecule has 0 spiro atoms. The maximum absolute atomic E-state index is 14.4. The van der Waals surface area contributed by atoms with Crippen molar-refractivity contribution in [2.24, 2.45) is 11.8 Å². The van der Waals surface area contributed by atoms with Crippen LogP contribution in [0.5, 0.6) is 11.5 Å². The molecule has 3 aromatic rings. The van der Waals surface area contributed by atoms with E-state index in [-0.39, 0.29) is 28.7 Å². The van der Waals surface area contributed by atoms with Crippen LogP contribution in [0, 0.1) is 35.9 Å². The quantitative estimate of drug-likeness (QED) is 0.375. The minimum Gasteiger partial charge on any atom is -0.453 e. The van der Waals surface area contributed by atoms with E-state index < -0.39 is 11.4 Å². The number of amides is 1. The summed E-state index contributed by atoms with van der Waals surface area (Å²) in [5, 5.41) is 9.81. The van der Waals surface area contributed by atoms with Crippen molar-refractivity contribution in [3.63, 3.8) is 0 Å². The molecule has 9 heteroatoms. The fourth-order valence-corrected chi connectivity index (χ4v) is 4.93. The second kappa shape index (κ2) is 11.4. The molecular formula is C30H35FN4O4. The van der Waals surface area contributed by atoms with Gasteiger partial charge >= 0.3 is 6.09 Å². The molecule has 206 valence electrons. The van der Waals surface area contributed by atoms with Gasteiger partial charge in [-0.25, -0.2) is 14.2 Å². The molecule has 0 aliphatic carbocycles. The van der Waals surface area contributed by atoms with Crippen LogP contribution >= 0.6 is 0 Å². The molecule has 1 unspecified atom stereocenters. The third-order valence-corrected chi connectivity index (χ3v) is 7.27. The van der Waals surface area contributed by atoms with Gasteiger partial charge in [-0.2, -0.15) is 5.26 Å². The standard InChI is InChI=1S/C30H35FN4O4/c1-19(21-11-14-34(15-12-21)29(37)39-30(3,4)5)10-13-35-18-33-26-9-7-22(16-23(26)28(35)36)38-27-24(17-32)20(2)6-8-25(27)31/h6-9,16,18-19,21H,10-15H2,1-5H3. The van der Waals surface area contributed by atoms with Crippen LogP contribution in [0.3, 0.4) is 0 Å². The highest BCUT2D eigenvalue weighted by molar-refractivity contribution is 5.79. The molecule has 1 atom stereocenters. The van der Waals surface area contributed by atoms with Crippen molar-refractivity contribution < 1.29 is 18.7 Å². The summed E-state index contributed by atoms with van der Waals surface area (Å²) in [4.78, 5) is 31.8. The third-order valence-electron chi connectivity index (χ3n) is 7.27. The normalized spacial score (nSPS) is 15.2. The largest absolute Gasteiger partial charge is 0.453 e. The van der Waals surface area contributed by atoms with Gasteiger partial charge < -0.3 is 14.4 Å². The van der Waals surface area contributed by atoms with Gasteiger partial charge in [-0.1, -0.05) is 13.0 Å². The Bertz CT molecular complexity index is 1460. The molecule has 1 amide bonds. The highest BCUT2D eigenvalue weighted by atomic mass is 19.1. The monoisotopic (exact) mass is 534 g/mol. The topological polar surface area (TPSA) is 97.4 Å². The van der Waals surface area contributed by atoms with Crippen molar-refractivity contribution in [2.75, 3.05) is 13.1 Å². The molecule has 4 rings (SSSR count). The molecule has 2 aromatic carbocycles. The van der Waals surface area contributed by atoms with Gasteiger partial charge in [0.1, 0.15) is 23.0 Å². The Hall–Kier alpha value is -3.93. The molecule has 39 heavy (non-hydrogen) atoms. The van der Waals surface area contributed by atoms with Gasteiger partial charge in [0.25, 0.3) is 5.56 Å². The molecule has 8 nitrogen and oxygen atoms in total. The summed E-state index contributed by atoms with van der Waals surface area (Å²) in [5.74, 6) is 0.257. The third kappa shape index (κ3) is 6.56. The van der Waals surface area contributed by atoms with Crippen molar-refractivity contribution in [1.29, 1.82) is 5.26 Å². The van der Waals surface area contributed by atoms with E-state index in [2.05, 4.69) is 11.9 Å². The molecule has 1 saturated heterocycles. The number of piperidine rings is 1. The van der Waals surface area contributed by atoms with E-state index in [1.165, 1.54) is 12.1 Å². The average Bonchev–Trinajstić information content (AvgIpc) is 2.90. The molecule has 0 radical (unpaired) electrons. The van der Waals surface area contributed by atoms with Crippen molar-refractivity contribution in [3.05, 3.63) is 64.0 Å². The molecule has 0 saturated carbocycles. The first-order chi connectivity index (χ1) is 18.5. The number of nitriles is 1. The SMILES string of the molecule is Cc1ccc(F)c(Oc2ccc3ncn(CCC(C)C4CCN(C(=O)OC(C)(C)C)CC4)c(=O)c3c2)c1C#N. The number of aryl methyl sites for hydroxylation is 2. The number of halogens is 1. The smallest absolute Gasteiger partial charge is 0.410 e. The van der Waals surface area contributed by atoms with Crippen molar-refractivity contribution in [1.82, 2.24) is 14.5 Å². The molecule has 1 fully saturated rings. The maximum Gasteiger partial charge on any atom is 0.410 e. The van der Waals surface area contributed by atoms with Crippen LogP contribution in [0.4, 0.5) is 9.18 Å². The fourth-order valence-electron chi connectivity index (χ4n) is 4.93. The zero-order valence-electron chi connectivity index (χ0n) is 23.2. The number of hydrogen-bond acceptors (Lipinski definition) is 6. The molecular weight excluding hydrogens is 499 g/mol. The van der Waals surface area contributed by atoms with Gasteiger partial charge in [0, 0.05) is 19.6 Å². The molecule has 1 aliphatic heterocycles. The van der Waals surface area contributed by atoms with Gasteiger partial charge in [0.05, 0.1) is 17.2 Å².